The molecule has 1 aliphatic rings. The van der Waals surface area contributed by atoms with Crippen LogP contribution in [0.15, 0.2) is 53.4 Å². The van der Waals surface area contributed by atoms with Crippen molar-refractivity contribution in [3.05, 3.63) is 54.1 Å². The van der Waals surface area contributed by atoms with Crippen molar-refractivity contribution in [3.8, 4) is 17.2 Å². The van der Waals surface area contributed by atoms with Gasteiger partial charge in [-0.2, -0.15) is 27.2 Å². The van der Waals surface area contributed by atoms with Gasteiger partial charge in [0.25, 0.3) is 0 Å². The quantitative estimate of drug-likeness (QED) is 0.275. The van der Waals surface area contributed by atoms with Crippen LogP contribution in [0.2, 0.25) is 0 Å². The summed E-state index contributed by atoms with van der Waals surface area (Å²) in [6, 6.07) is 11.0. The Kier molecular flexibility index (Phi) is 8.36. The first-order valence-corrected chi connectivity index (χ1v) is 12.7. The van der Waals surface area contributed by atoms with E-state index in [0.717, 1.165) is 10.5 Å². The molecule has 1 amide bonds. The van der Waals surface area contributed by atoms with Crippen LogP contribution in [0.1, 0.15) is 44.7 Å². The first-order chi connectivity index (χ1) is 16.8. The average molecular weight is 526 g/mol. The summed E-state index contributed by atoms with van der Waals surface area (Å²) in [5.74, 6) is -6.11. The van der Waals surface area contributed by atoms with Crippen molar-refractivity contribution < 1.29 is 26.7 Å². The van der Waals surface area contributed by atoms with E-state index in [-0.39, 0.29) is 17.9 Å². The topological polar surface area (TPSA) is 64.9 Å². The van der Waals surface area contributed by atoms with Crippen molar-refractivity contribution in [2.45, 2.75) is 67.7 Å². The molecule has 1 saturated carbocycles. The molecule has 0 bridgehead atoms. The van der Waals surface area contributed by atoms with E-state index >= 15 is 0 Å². The molecular formula is C26H28F5N3OS. The molecule has 194 valence electrons. The molecule has 0 aliphatic heterocycles. The highest BCUT2D eigenvalue weighted by molar-refractivity contribution is 7.98. The van der Waals surface area contributed by atoms with Gasteiger partial charge in [0.05, 0.1) is 12.1 Å². The zero-order valence-corrected chi connectivity index (χ0v) is 20.9. The Morgan fingerprint density at radius 2 is 1.56 bits per heavy atom. The van der Waals surface area contributed by atoms with Crippen molar-refractivity contribution in [1.29, 1.82) is 5.26 Å². The summed E-state index contributed by atoms with van der Waals surface area (Å²) in [6.07, 6.45) is -3.09. The second-order valence-corrected chi connectivity index (χ2v) is 10.3. The third-order valence-corrected chi connectivity index (χ3v) is 6.87. The fraction of sp³-hybridized carbons (Fsp3) is 0.462. The van der Waals surface area contributed by atoms with Crippen molar-refractivity contribution in [3.63, 3.8) is 0 Å². The highest BCUT2D eigenvalue weighted by Gasteiger charge is 2.63. The predicted octanol–water partition coefficient (Wildman–Crippen LogP) is 6.49. The third-order valence-electron chi connectivity index (χ3n) is 6.13. The molecule has 2 aromatic carbocycles. The van der Waals surface area contributed by atoms with Gasteiger partial charge in [0.2, 0.25) is 5.91 Å². The molecule has 0 spiro atoms. The van der Waals surface area contributed by atoms with Gasteiger partial charge in [-0.15, -0.1) is 11.8 Å². The molecule has 36 heavy (non-hydrogen) atoms. The number of rotatable bonds is 10. The lowest BCUT2D eigenvalue weighted by atomic mass is 9.94. The number of hydrogen-bond acceptors (Lipinski definition) is 4. The average Bonchev–Trinajstić information content (AvgIpc) is 3.60. The predicted molar refractivity (Wildman–Crippen MR) is 130 cm³/mol. The van der Waals surface area contributed by atoms with Crippen LogP contribution in [0.25, 0.3) is 11.1 Å². The summed E-state index contributed by atoms with van der Waals surface area (Å²) in [6.45, 7) is 3.46. The Hall–Kier alpha value is -2.64. The van der Waals surface area contributed by atoms with Gasteiger partial charge in [0.15, 0.2) is 0 Å². The van der Waals surface area contributed by atoms with Crippen LogP contribution >= 0.6 is 11.8 Å². The SMILES string of the molecule is CSc1ccc(-c2ccc([C@H](N[C@@H](CC(C)C)C(=O)NC3(C#N)CC3)C(F)(F)C(F)(F)F)cc2)cc1. The summed E-state index contributed by atoms with van der Waals surface area (Å²) < 4.78 is 70.1. The molecule has 4 nitrogen and oxygen atoms in total. The first kappa shape index (κ1) is 27.9. The fourth-order valence-corrected chi connectivity index (χ4v) is 4.27. The van der Waals surface area contributed by atoms with Crippen LogP contribution in [-0.2, 0) is 4.79 Å². The van der Waals surface area contributed by atoms with Gasteiger partial charge < -0.3 is 5.32 Å². The monoisotopic (exact) mass is 525 g/mol. The van der Waals surface area contributed by atoms with E-state index in [1.165, 1.54) is 24.3 Å². The largest absolute Gasteiger partial charge is 0.455 e. The molecule has 3 rings (SSSR count). The van der Waals surface area contributed by atoms with Crippen LogP contribution < -0.4 is 10.6 Å². The number of nitrogens with one attached hydrogen (secondary N) is 2. The van der Waals surface area contributed by atoms with Crippen molar-refractivity contribution in [2.75, 3.05) is 6.26 Å². The van der Waals surface area contributed by atoms with Gasteiger partial charge >= 0.3 is 12.1 Å². The number of thioether (sulfide) groups is 1. The Balaban J connectivity index is 1.94. The second kappa shape index (κ2) is 10.8. The summed E-state index contributed by atoms with van der Waals surface area (Å²) >= 11 is 1.56. The van der Waals surface area contributed by atoms with E-state index in [9.17, 15) is 32.0 Å². The summed E-state index contributed by atoms with van der Waals surface area (Å²) in [4.78, 5) is 13.9. The molecular weight excluding hydrogens is 497 g/mol. The third kappa shape index (κ3) is 6.37. The molecule has 0 aromatic heterocycles. The number of benzene rings is 2. The van der Waals surface area contributed by atoms with Gasteiger partial charge in [-0.1, -0.05) is 50.2 Å². The lowest BCUT2D eigenvalue weighted by Crippen LogP contribution is -2.55. The van der Waals surface area contributed by atoms with Crippen LogP contribution in [-0.4, -0.2) is 35.8 Å². The van der Waals surface area contributed by atoms with Crippen molar-refractivity contribution in [1.82, 2.24) is 10.6 Å². The molecule has 0 heterocycles. The highest BCUT2D eigenvalue weighted by atomic mass is 32.2. The van der Waals surface area contributed by atoms with Crippen molar-refractivity contribution >= 4 is 17.7 Å². The molecule has 10 heteroatoms. The standard InChI is InChI=1S/C26H28F5N3OS/c1-16(2)14-21(23(35)34-24(15-32)12-13-24)33-22(25(27,28)26(29,30)31)19-6-4-17(5-7-19)18-8-10-20(36-3)11-9-18/h4-11,16,21-22,33H,12-14H2,1-3H3,(H,34,35)/t21-,22-/m0/s1. The minimum atomic E-state index is -5.85. The van der Waals surface area contributed by atoms with E-state index in [1.54, 1.807) is 25.6 Å². The second-order valence-electron chi connectivity index (χ2n) is 9.44. The lowest BCUT2D eigenvalue weighted by Gasteiger charge is -2.33. The van der Waals surface area contributed by atoms with E-state index in [1.807, 2.05) is 36.6 Å². The molecule has 0 unspecified atom stereocenters. The maximum Gasteiger partial charge on any atom is 0.455 e. The lowest BCUT2D eigenvalue weighted by molar-refractivity contribution is -0.295. The summed E-state index contributed by atoms with van der Waals surface area (Å²) in [5, 5.41) is 14.1. The van der Waals surface area contributed by atoms with Gasteiger partial charge in [0, 0.05) is 4.90 Å². The van der Waals surface area contributed by atoms with Crippen LogP contribution in [0, 0.1) is 17.2 Å². The smallest absolute Gasteiger partial charge is 0.336 e. The Bertz CT molecular complexity index is 1090. The highest BCUT2D eigenvalue weighted by Crippen LogP contribution is 2.45. The molecule has 0 saturated heterocycles. The number of halogens is 5. The van der Waals surface area contributed by atoms with Crippen LogP contribution in [0.3, 0.4) is 0 Å². The normalized spacial score (nSPS) is 16.8. The van der Waals surface area contributed by atoms with E-state index in [2.05, 4.69) is 10.6 Å². The number of alkyl halides is 5. The van der Waals surface area contributed by atoms with Crippen molar-refractivity contribution in [2.24, 2.45) is 5.92 Å². The molecule has 1 aliphatic carbocycles. The van der Waals surface area contributed by atoms with Gasteiger partial charge in [0.1, 0.15) is 11.6 Å². The number of carbonyl (C=O) groups excluding carboxylic acids is 1. The van der Waals surface area contributed by atoms with E-state index < -0.39 is 35.6 Å². The van der Waals surface area contributed by atoms with Gasteiger partial charge in [-0.05, 0) is 60.3 Å². The Labute approximate surface area is 211 Å². The van der Waals surface area contributed by atoms with Crippen LogP contribution in [0.4, 0.5) is 22.0 Å². The zero-order valence-electron chi connectivity index (χ0n) is 20.1. The minimum Gasteiger partial charge on any atom is -0.336 e. The maximum atomic E-state index is 14.8. The first-order valence-electron chi connectivity index (χ1n) is 11.5. The zero-order chi connectivity index (χ0) is 26.7. The van der Waals surface area contributed by atoms with Gasteiger partial charge in [-0.25, -0.2) is 0 Å². The number of nitrogens with zero attached hydrogens (tertiary/aromatic N) is 1. The number of amides is 1. The molecule has 0 radical (unpaired) electrons. The number of carbonyl (C=O) groups is 1. The molecule has 2 aromatic rings. The molecule has 2 atom stereocenters. The Morgan fingerprint density at radius 3 is 1.97 bits per heavy atom. The number of nitriles is 1. The van der Waals surface area contributed by atoms with E-state index in [0.29, 0.717) is 18.4 Å². The Morgan fingerprint density at radius 1 is 1.03 bits per heavy atom. The van der Waals surface area contributed by atoms with Crippen LogP contribution in [0.5, 0.6) is 0 Å². The maximum absolute atomic E-state index is 14.8. The molecule has 2 N–H and O–H groups in total. The summed E-state index contributed by atoms with van der Waals surface area (Å²) in [7, 11) is 0. The summed E-state index contributed by atoms with van der Waals surface area (Å²) in [5.41, 5.74) is 0.0601. The van der Waals surface area contributed by atoms with Gasteiger partial charge in [-0.3, -0.25) is 10.1 Å². The van der Waals surface area contributed by atoms with E-state index in [4.69, 9.17) is 0 Å². The molecule has 1 fully saturated rings. The fourth-order valence-electron chi connectivity index (χ4n) is 3.86. The minimum absolute atomic E-state index is 0.0116. The number of hydrogen-bond donors (Lipinski definition) is 2.